The van der Waals surface area contributed by atoms with Crippen molar-refractivity contribution in [1.29, 1.82) is 0 Å². The summed E-state index contributed by atoms with van der Waals surface area (Å²) in [5.74, 6) is -0.574. The number of aromatic nitrogens is 2. The Morgan fingerprint density at radius 2 is 2.57 bits per heavy atom. The van der Waals surface area contributed by atoms with Crippen molar-refractivity contribution >= 4 is 0 Å². The number of nitrogens with zero attached hydrogens (tertiary/aromatic N) is 1. The molecule has 1 heterocycles. The van der Waals surface area contributed by atoms with E-state index in [0.29, 0.717) is 0 Å². The van der Waals surface area contributed by atoms with Crippen molar-refractivity contribution < 1.29 is 24.6 Å². The van der Waals surface area contributed by atoms with Crippen LogP contribution in [0, 0.1) is 6.33 Å². The monoisotopic (exact) mass is 182 g/mol. The molecule has 1 aromatic heterocycles. The number of hydrogen-bond donors (Lipinski definition) is 1. The van der Waals surface area contributed by atoms with Gasteiger partial charge in [0.2, 0.25) is 0 Å². The maximum atomic E-state index is 9.75. The van der Waals surface area contributed by atoms with E-state index in [0.717, 1.165) is 0 Å². The van der Waals surface area contributed by atoms with Crippen LogP contribution in [0.5, 0.6) is 0 Å². The largest absolute Gasteiger partial charge is 0.442 e. The second-order valence-corrected chi connectivity index (χ2v) is 0.707. The fraction of sp³-hybridized carbons (Fsp3) is 0. The first-order valence-corrected chi connectivity index (χ1v) is 1.31. The maximum absolute atomic E-state index is 9.75. The van der Waals surface area contributed by atoms with Gasteiger partial charge in [-0.1, -0.05) is 0 Å². The molecule has 5 heteroatoms. The van der Waals surface area contributed by atoms with Gasteiger partial charge in [-0.25, -0.2) is 0 Å². The fourth-order valence-corrected chi connectivity index (χ4v) is 0.156. The van der Waals surface area contributed by atoms with Gasteiger partial charge in [-0.05, 0) is 6.33 Å². The Bertz CT molecular complexity index is 151. The first kappa shape index (κ1) is 6.59. The van der Waals surface area contributed by atoms with Crippen molar-refractivity contribution in [2.45, 2.75) is 0 Å². The molecule has 1 N–H and O–H groups in total. The second kappa shape index (κ2) is 2.71. The number of H-pyrrole nitrogens is 1. The second-order valence-electron chi connectivity index (χ2n) is 0.707. The molecule has 39 valence electrons. The summed E-state index contributed by atoms with van der Waals surface area (Å²) in [5, 5.41) is 2.95. The Hall–Kier alpha value is -0.411. The average molecular weight is 183 g/mol. The molecule has 0 saturated carbocycles. The fourth-order valence-electron chi connectivity index (χ4n) is 0.156. The van der Waals surface area contributed by atoms with Crippen LogP contribution in [0.1, 0.15) is 0 Å². The maximum Gasteiger partial charge on any atom is 0.272 e. The third kappa shape index (κ3) is 1.66. The molecule has 1 aromatic rings. The van der Waals surface area contributed by atoms with E-state index in [9.17, 15) is 4.79 Å². The van der Waals surface area contributed by atoms with Crippen molar-refractivity contribution in [3.63, 3.8) is 0 Å². The van der Waals surface area contributed by atoms with Gasteiger partial charge in [-0.3, -0.25) is 0 Å². The van der Waals surface area contributed by atoms with E-state index < -0.39 is 5.76 Å². The van der Waals surface area contributed by atoms with E-state index in [2.05, 4.69) is 16.0 Å². The van der Waals surface area contributed by atoms with E-state index in [1.165, 1.54) is 0 Å². The van der Waals surface area contributed by atoms with Gasteiger partial charge in [0.1, 0.15) is 0 Å². The van der Waals surface area contributed by atoms with Crippen molar-refractivity contribution in [3.8, 4) is 0 Å². The van der Waals surface area contributed by atoms with Gasteiger partial charge < -0.3 is 14.3 Å². The SMILES string of the molecule is O=c1[nH][c-]no1.[Tc]. The Labute approximate surface area is 52.3 Å². The Morgan fingerprint density at radius 3 is 2.71 bits per heavy atom. The van der Waals surface area contributed by atoms with Crippen LogP contribution in [0.3, 0.4) is 0 Å². The zero-order valence-electron chi connectivity index (χ0n) is 3.14. The Morgan fingerprint density at radius 1 is 1.86 bits per heavy atom. The molecule has 0 atom stereocenters. The van der Waals surface area contributed by atoms with Gasteiger partial charge in [0, 0.05) is 20.1 Å². The third-order valence-electron chi connectivity index (χ3n) is 0.332. The molecule has 0 bridgehead atoms. The standard InChI is InChI=1S/C2HN2O2.Tc/c5-2-3-1-4-6-2;/h(H,3,4,5);/q-1;. The van der Waals surface area contributed by atoms with Crippen LogP contribution in [-0.4, -0.2) is 10.1 Å². The topological polar surface area (TPSA) is 58.9 Å². The van der Waals surface area contributed by atoms with Crippen LogP contribution in [0.25, 0.3) is 0 Å². The summed E-state index contributed by atoms with van der Waals surface area (Å²) in [6.45, 7) is 0. The predicted molar refractivity (Wildman–Crippen MR) is 16.0 cm³/mol. The van der Waals surface area contributed by atoms with Gasteiger partial charge in [0.25, 0.3) is 5.76 Å². The minimum absolute atomic E-state index is 0. The van der Waals surface area contributed by atoms with Crippen molar-refractivity contribution in [2.24, 2.45) is 0 Å². The quantitative estimate of drug-likeness (QED) is 0.533. The van der Waals surface area contributed by atoms with Crippen LogP contribution in [0.4, 0.5) is 0 Å². The van der Waals surface area contributed by atoms with Gasteiger partial charge >= 0.3 is 0 Å². The number of aromatic amines is 1. The molecule has 0 saturated heterocycles. The molecular formula is C2HN2O2Tc-. The average Bonchev–Trinajstić information content (AvgIpc) is 1.86. The summed E-state index contributed by atoms with van der Waals surface area (Å²) in [6, 6.07) is 0. The van der Waals surface area contributed by atoms with Gasteiger partial charge in [0.05, 0.1) is 0 Å². The Balaban J connectivity index is 0.000000360. The molecule has 0 aromatic carbocycles. The van der Waals surface area contributed by atoms with Crippen LogP contribution in [-0.2, 0) is 20.1 Å². The van der Waals surface area contributed by atoms with E-state index in [4.69, 9.17) is 0 Å². The summed E-state index contributed by atoms with van der Waals surface area (Å²) in [4.78, 5) is 11.8. The van der Waals surface area contributed by atoms with E-state index >= 15 is 0 Å². The zero-order chi connectivity index (χ0) is 4.41. The summed E-state index contributed by atoms with van der Waals surface area (Å²) in [5.41, 5.74) is 0. The van der Waals surface area contributed by atoms with Crippen molar-refractivity contribution in [3.05, 3.63) is 16.9 Å². The van der Waals surface area contributed by atoms with Gasteiger partial charge in [-0.2, -0.15) is 5.16 Å². The smallest absolute Gasteiger partial charge is 0.272 e. The molecule has 0 aliphatic heterocycles. The molecule has 0 fully saturated rings. The summed E-state index contributed by atoms with van der Waals surface area (Å²) < 4.78 is 3.92. The zero-order valence-corrected chi connectivity index (χ0v) is 5.00. The van der Waals surface area contributed by atoms with Crippen LogP contribution >= 0.6 is 0 Å². The third-order valence-corrected chi connectivity index (χ3v) is 0.332. The van der Waals surface area contributed by atoms with E-state index in [-0.39, 0.29) is 20.1 Å². The first-order chi connectivity index (χ1) is 2.89. The Kier molecular flexibility index (Phi) is 2.55. The molecule has 0 aliphatic rings. The minimum Gasteiger partial charge on any atom is -0.442 e. The number of hydrogen-bond acceptors (Lipinski definition) is 3. The summed E-state index contributed by atoms with van der Waals surface area (Å²) >= 11 is 0. The van der Waals surface area contributed by atoms with Crippen LogP contribution in [0.2, 0.25) is 0 Å². The molecule has 1 rings (SSSR count). The number of nitrogens with one attached hydrogen (secondary N) is 1. The summed E-state index contributed by atoms with van der Waals surface area (Å²) in [7, 11) is 0. The minimum atomic E-state index is -0.574. The first-order valence-electron chi connectivity index (χ1n) is 1.31. The van der Waals surface area contributed by atoms with E-state index in [1.807, 2.05) is 4.98 Å². The number of rotatable bonds is 0. The molecular weight excluding hydrogens is 182 g/mol. The van der Waals surface area contributed by atoms with Crippen LogP contribution < -0.4 is 5.76 Å². The van der Waals surface area contributed by atoms with Crippen molar-refractivity contribution in [2.75, 3.05) is 0 Å². The van der Waals surface area contributed by atoms with E-state index in [1.54, 1.807) is 0 Å². The molecule has 0 spiro atoms. The normalized spacial score (nSPS) is 7.43. The predicted octanol–water partition coefficient (Wildman–Crippen LogP) is -0.839. The molecule has 0 unspecified atom stereocenters. The molecule has 0 amide bonds. The van der Waals surface area contributed by atoms with Crippen molar-refractivity contribution in [1.82, 2.24) is 10.1 Å². The molecule has 7 heavy (non-hydrogen) atoms. The molecule has 0 aliphatic carbocycles. The van der Waals surface area contributed by atoms with Gasteiger partial charge in [-0.15, -0.1) is 0 Å². The molecule has 1 radical (unpaired) electrons. The van der Waals surface area contributed by atoms with Gasteiger partial charge in [0.15, 0.2) is 0 Å². The molecule has 4 nitrogen and oxygen atoms in total. The summed E-state index contributed by atoms with van der Waals surface area (Å²) in [6.07, 6.45) is 2.08. The van der Waals surface area contributed by atoms with Crippen LogP contribution in [0.15, 0.2) is 9.32 Å².